The number of aliphatic hydroxyl groups excluding tert-OH is 1. The van der Waals surface area contributed by atoms with Crippen molar-refractivity contribution in [3.8, 4) is 0 Å². The van der Waals surface area contributed by atoms with Crippen LogP contribution in [0.2, 0.25) is 0 Å². The Labute approximate surface area is 173 Å². The minimum atomic E-state index is -1.29. The molecule has 7 nitrogen and oxygen atoms in total. The first-order valence-electron chi connectivity index (χ1n) is 10.3. The minimum absolute atomic E-state index is 0.318. The van der Waals surface area contributed by atoms with Crippen LogP contribution in [-0.4, -0.2) is 40.5 Å². The predicted octanol–water partition coefficient (Wildman–Crippen LogP) is 1.89. The molecule has 0 saturated heterocycles. The van der Waals surface area contributed by atoms with Gasteiger partial charge in [0.15, 0.2) is 0 Å². The van der Waals surface area contributed by atoms with Crippen molar-refractivity contribution in [3.05, 3.63) is 35.4 Å². The summed E-state index contributed by atoms with van der Waals surface area (Å²) in [5.41, 5.74) is 6.04. The van der Waals surface area contributed by atoms with Crippen LogP contribution in [0.1, 0.15) is 64.0 Å². The van der Waals surface area contributed by atoms with Gasteiger partial charge < -0.3 is 20.9 Å². The van der Waals surface area contributed by atoms with Crippen molar-refractivity contribution in [1.29, 1.82) is 0 Å². The summed E-state index contributed by atoms with van der Waals surface area (Å²) in [4.78, 5) is 25.2. The Morgan fingerprint density at radius 2 is 1.76 bits per heavy atom. The van der Waals surface area contributed by atoms with Gasteiger partial charge in [0.05, 0.1) is 5.60 Å². The van der Waals surface area contributed by atoms with Crippen LogP contribution in [-0.2, 0) is 20.7 Å². The number of benzene rings is 1. The molecule has 0 radical (unpaired) electrons. The smallest absolute Gasteiger partial charge is 0.241 e. The summed E-state index contributed by atoms with van der Waals surface area (Å²) in [5.74, 6) is -0.916. The Morgan fingerprint density at radius 3 is 2.28 bits per heavy atom. The molecule has 29 heavy (non-hydrogen) atoms. The average Bonchev–Trinajstić information content (AvgIpc) is 2.61. The number of ether oxygens (including phenoxy) is 1. The third-order valence-electron chi connectivity index (χ3n) is 5.22. The maximum Gasteiger partial charge on any atom is 0.241 e. The van der Waals surface area contributed by atoms with E-state index in [9.17, 15) is 14.7 Å². The standard InChI is InChI=1S/C22H35N3O4/c1-15-8-10-16(11-9-15)14-17(18(23)26)24-19(27)22(12-6-5-7-13-22)25-20(28)29-21(2,3)4/h8-11,17,20,25,28H,5-7,12-14H2,1-4H3,(H2,23,26)(H,24,27). The minimum Gasteiger partial charge on any atom is -0.368 e. The van der Waals surface area contributed by atoms with Gasteiger partial charge in [-0.15, -0.1) is 0 Å². The molecule has 1 aliphatic rings. The van der Waals surface area contributed by atoms with Crippen molar-refractivity contribution in [2.24, 2.45) is 5.73 Å². The first-order chi connectivity index (χ1) is 13.5. The van der Waals surface area contributed by atoms with Crippen molar-refractivity contribution in [2.45, 2.75) is 89.8 Å². The molecule has 5 N–H and O–H groups in total. The van der Waals surface area contributed by atoms with Crippen LogP contribution in [0.5, 0.6) is 0 Å². The van der Waals surface area contributed by atoms with Crippen molar-refractivity contribution < 1.29 is 19.4 Å². The van der Waals surface area contributed by atoms with E-state index in [0.717, 1.165) is 30.4 Å². The van der Waals surface area contributed by atoms with Crippen LogP contribution in [0.15, 0.2) is 24.3 Å². The lowest BCUT2D eigenvalue weighted by molar-refractivity contribution is -0.196. The van der Waals surface area contributed by atoms with E-state index in [4.69, 9.17) is 10.5 Å². The lowest BCUT2D eigenvalue weighted by atomic mass is 9.80. The SMILES string of the molecule is Cc1ccc(CC(NC(=O)C2(NC(O)OC(C)(C)C)CCCCC2)C(N)=O)cc1. The number of nitrogens with two attached hydrogens (primary N) is 1. The van der Waals surface area contributed by atoms with Crippen molar-refractivity contribution >= 4 is 11.8 Å². The molecule has 1 aromatic carbocycles. The summed E-state index contributed by atoms with van der Waals surface area (Å²) < 4.78 is 5.55. The highest BCUT2D eigenvalue weighted by Crippen LogP contribution is 2.29. The lowest BCUT2D eigenvalue weighted by Gasteiger charge is -2.40. The fourth-order valence-corrected chi connectivity index (χ4v) is 3.67. The lowest BCUT2D eigenvalue weighted by Crippen LogP contribution is -2.64. The highest BCUT2D eigenvalue weighted by atomic mass is 16.6. The highest BCUT2D eigenvalue weighted by molar-refractivity contribution is 5.91. The molecule has 2 unspecified atom stereocenters. The molecule has 1 fully saturated rings. The third kappa shape index (κ3) is 7.10. The summed E-state index contributed by atoms with van der Waals surface area (Å²) in [6.45, 7) is 7.48. The van der Waals surface area contributed by atoms with E-state index < -0.39 is 29.5 Å². The second kappa shape index (κ2) is 9.69. The van der Waals surface area contributed by atoms with Crippen LogP contribution in [0.3, 0.4) is 0 Å². The Hall–Kier alpha value is -1.96. The summed E-state index contributed by atoms with van der Waals surface area (Å²) in [5, 5.41) is 16.1. The summed E-state index contributed by atoms with van der Waals surface area (Å²) in [6, 6.07) is 6.94. The molecule has 162 valence electrons. The van der Waals surface area contributed by atoms with Crippen molar-refractivity contribution in [2.75, 3.05) is 0 Å². The summed E-state index contributed by atoms with van der Waals surface area (Å²) in [7, 11) is 0. The van der Waals surface area contributed by atoms with Gasteiger partial charge in [0.25, 0.3) is 0 Å². The zero-order valence-corrected chi connectivity index (χ0v) is 18.0. The summed E-state index contributed by atoms with van der Waals surface area (Å²) >= 11 is 0. The van der Waals surface area contributed by atoms with Gasteiger partial charge in [0.1, 0.15) is 11.6 Å². The molecule has 1 saturated carbocycles. The first-order valence-corrected chi connectivity index (χ1v) is 10.3. The van der Waals surface area contributed by atoms with E-state index >= 15 is 0 Å². The molecule has 2 rings (SSSR count). The zero-order chi connectivity index (χ0) is 21.7. The van der Waals surface area contributed by atoms with E-state index in [1.807, 2.05) is 52.0 Å². The molecule has 7 heteroatoms. The Kier molecular flexibility index (Phi) is 7.80. The molecule has 2 amide bonds. The Bertz CT molecular complexity index is 691. The van der Waals surface area contributed by atoms with Gasteiger partial charge in [-0.1, -0.05) is 49.1 Å². The molecule has 1 aromatic rings. The van der Waals surface area contributed by atoms with E-state index in [1.165, 1.54) is 0 Å². The van der Waals surface area contributed by atoms with Gasteiger partial charge in [-0.2, -0.15) is 0 Å². The largest absolute Gasteiger partial charge is 0.368 e. The second-order valence-corrected chi connectivity index (χ2v) is 8.99. The number of carbonyl (C=O) groups excluding carboxylic acids is 2. The van der Waals surface area contributed by atoms with Crippen molar-refractivity contribution in [1.82, 2.24) is 10.6 Å². The van der Waals surface area contributed by atoms with Gasteiger partial charge in [-0.05, 0) is 46.1 Å². The van der Waals surface area contributed by atoms with Gasteiger partial charge in [-0.25, -0.2) is 0 Å². The van der Waals surface area contributed by atoms with Gasteiger partial charge in [0.2, 0.25) is 18.2 Å². The van der Waals surface area contributed by atoms with Gasteiger partial charge in [-0.3, -0.25) is 14.9 Å². The van der Waals surface area contributed by atoms with Crippen LogP contribution < -0.4 is 16.4 Å². The Morgan fingerprint density at radius 1 is 1.17 bits per heavy atom. The molecule has 0 aromatic heterocycles. The van der Waals surface area contributed by atoms with E-state index in [2.05, 4.69) is 10.6 Å². The molecule has 0 heterocycles. The van der Waals surface area contributed by atoms with Crippen molar-refractivity contribution in [3.63, 3.8) is 0 Å². The fourth-order valence-electron chi connectivity index (χ4n) is 3.67. The van der Waals surface area contributed by atoms with Crippen LogP contribution >= 0.6 is 0 Å². The number of primary amides is 1. The monoisotopic (exact) mass is 405 g/mol. The van der Waals surface area contributed by atoms with Crippen LogP contribution in [0.25, 0.3) is 0 Å². The number of aliphatic hydroxyl groups is 1. The first kappa shape index (κ1) is 23.3. The van der Waals surface area contributed by atoms with E-state index in [0.29, 0.717) is 19.3 Å². The molecule has 2 atom stereocenters. The quantitative estimate of drug-likeness (QED) is 0.493. The number of rotatable bonds is 8. The number of hydrogen-bond donors (Lipinski definition) is 4. The maximum atomic E-state index is 13.2. The normalized spacial score (nSPS) is 18.7. The molecule has 1 aliphatic carbocycles. The van der Waals surface area contributed by atoms with Gasteiger partial charge >= 0.3 is 0 Å². The highest BCUT2D eigenvalue weighted by Gasteiger charge is 2.42. The molecular formula is C22H35N3O4. The molecule has 0 bridgehead atoms. The zero-order valence-electron chi connectivity index (χ0n) is 18.0. The Balaban J connectivity index is 2.13. The maximum absolute atomic E-state index is 13.2. The predicted molar refractivity (Wildman–Crippen MR) is 112 cm³/mol. The molecule has 0 aliphatic heterocycles. The fraction of sp³-hybridized carbons (Fsp3) is 0.636. The van der Waals surface area contributed by atoms with Gasteiger partial charge in [0, 0.05) is 6.42 Å². The number of hydrogen-bond acceptors (Lipinski definition) is 5. The molecule has 0 spiro atoms. The van der Waals surface area contributed by atoms with Crippen LogP contribution in [0.4, 0.5) is 0 Å². The van der Waals surface area contributed by atoms with E-state index in [1.54, 1.807) is 0 Å². The second-order valence-electron chi connectivity index (χ2n) is 8.99. The van der Waals surface area contributed by atoms with Crippen LogP contribution in [0, 0.1) is 6.92 Å². The average molecular weight is 406 g/mol. The molecular weight excluding hydrogens is 370 g/mol. The topological polar surface area (TPSA) is 114 Å². The summed E-state index contributed by atoms with van der Waals surface area (Å²) in [6.07, 6.45) is 2.86. The number of amides is 2. The van der Waals surface area contributed by atoms with E-state index in [-0.39, 0.29) is 5.91 Å². The number of aryl methyl sites for hydroxylation is 1. The number of carbonyl (C=O) groups is 2. The number of nitrogens with one attached hydrogen (secondary N) is 2. The third-order valence-corrected chi connectivity index (χ3v) is 5.22.